The number of halogens is 1. The third kappa shape index (κ3) is 5.28. The first-order chi connectivity index (χ1) is 15.9. The topological polar surface area (TPSA) is 92.5 Å². The van der Waals surface area contributed by atoms with Crippen LogP contribution in [0, 0.1) is 12.7 Å². The molecule has 8 heteroatoms. The van der Waals surface area contributed by atoms with Crippen molar-refractivity contribution < 1.29 is 13.9 Å². The van der Waals surface area contributed by atoms with Crippen molar-refractivity contribution in [2.45, 2.75) is 76.7 Å². The quantitative estimate of drug-likeness (QED) is 0.577. The molecule has 0 bridgehead atoms. The summed E-state index contributed by atoms with van der Waals surface area (Å²) in [5.74, 6) is -0.0424. The van der Waals surface area contributed by atoms with Crippen LogP contribution in [0.1, 0.15) is 61.4 Å². The van der Waals surface area contributed by atoms with Crippen molar-refractivity contribution in [3.8, 4) is 0 Å². The van der Waals surface area contributed by atoms with E-state index in [-0.39, 0.29) is 23.9 Å². The maximum atomic E-state index is 14.3. The minimum Gasteiger partial charge on any atom is -0.378 e. The zero-order valence-corrected chi connectivity index (χ0v) is 19.9. The van der Waals surface area contributed by atoms with Gasteiger partial charge in [-0.15, -0.1) is 0 Å². The number of piperidine rings is 1. The van der Waals surface area contributed by atoms with Gasteiger partial charge in [-0.3, -0.25) is 4.79 Å². The van der Waals surface area contributed by atoms with Crippen LogP contribution in [0.5, 0.6) is 0 Å². The summed E-state index contributed by atoms with van der Waals surface area (Å²) in [6, 6.07) is 5.67. The molecule has 2 aromatic rings. The van der Waals surface area contributed by atoms with Crippen molar-refractivity contribution in [2.24, 2.45) is 5.73 Å². The highest BCUT2D eigenvalue weighted by molar-refractivity contribution is 6.03. The molecular weight excluding hydrogens is 421 g/mol. The fourth-order valence-corrected chi connectivity index (χ4v) is 5.15. The van der Waals surface area contributed by atoms with E-state index in [0.717, 1.165) is 18.4 Å². The first-order valence-electron chi connectivity index (χ1n) is 12.1. The molecule has 1 aromatic heterocycles. The molecule has 33 heavy (non-hydrogen) atoms. The van der Waals surface area contributed by atoms with Crippen molar-refractivity contribution in [1.82, 2.24) is 15.6 Å². The Bertz CT molecular complexity index is 992. The van der Waals surface area contributed by atoms with Gasteiger partial charge in [0.1, 0.15) is 11.6 Å². The van der Waals surface area contributed by atoms with Crippen LogP contribution in [0.3, 0.4) is 0 Å². The van der Waals surface area contributed by atoms with Crippen LogP contribution in [0.25, 0.3) is 10.9 Å². The van der Waals surface area contributed by atoms with Gasteiger partial charge < -0.3 is 26.0 Å². The van der Waals surface area contributed by atoms with Crippen LogP contribution in [0.15, 0.2) is 18.2 Å². The Morgan fingerprint density at radius 3 is 2.73 bits per heavy atom. The molecule has 2 heterocycles. The highest BCUT2D eigenvalue weighted by atomic mass is 19.1. The van der Waals surface area contributed by atoms with E-state index < -0.39 is 6.17 Å². The molecule has 1 aliphatic carbocycles. The van der Waals surface area contributed by atoms with Crippen LogP contribution in [0.4, 0.5) is 10.2 Å². The lowest BCUT2D eigenvalue weighted by atomic mass is 9.92. The van der Waals surface area contributed by atoms with Crippen molar-refractivity contribution in [3.63, 3.8) is 0 Å². The number of hydrogen-bond acceptors (Lipinski definition) is 6. The van der Waals surface area contributed by atoms with Gasteiger partial charge in [-0.2, -0.15) is 0 Å². The first-order valence-corrected chi connectivity index (χ1v) is 12.1. The van der Waals surface area contributed by atoms with Crippen molar-refractivity contribution in [3.05, 3.63) is 35.1 Å². The summed E-state index contributed by atoms with van der Waals surface area (Å²) in [7, 11) is 1.74. The molecule has 4 rings (SSSR count). The molecule has 1 aromatic carbocycles. The summed E-state index contributed by atoms with van der Waals surface area (Å²) in [4.78, 5) is 19.9. The maximum Gasteiger partial charge on any atom is 0.256 e. The second kappa shape index (κ2) is 10.3. The summed E-state index contributed by atoms with van der Waals surface area (Å²) in [6.45, 7) is 4.77. The van der Waals surface area contributed by atoms with Gasteiger partial charge in [-0.1, -0.05) is 19.3 Å². The van der Waals surface area contributed by atoms with Gasteiger partial charge in [-0.25, -0.2) is 9.37 Å². The predicted octanol–water partition coefficient (Wildman–Crippen LogP) is 3.23. The average molecular weight is 458 g/mol. The molecule has 1 aliphatic heterocycles. The van der Waals surface area contributed by atoms with Gasteiger partial charge in [0.25, 0.3) is 5.91 Å². The number of benzene rings is 1. The Morgan fingerprint density at radius 1 is 1.27 bits per heavy atom. The third-order valence-corrected chi connectivity index (χ3v) is 6.97. The van der Waals surface area contributed by atoms with E-state index in [1.165, 1.54) is 38.2 Å². The Labute approximate surface area is 195 Å². The van der Waals surface area contributed by atoms with E-state index in [1.807, 2.05) is 0 Å². The van der Waals surface area contributed by atoms with Gasteiger partial charge in [0.2, 0.25) is 0 Å². The maximum absolute atomic E-state index is 14.3. The van der Waals surface area contributed by atoms with Crippen molar-refractivity contribution in [2.75, 3.05) is 25.1 Å². The first kappa shape index (κ1) is 23.9. The normalized spacial score (nSPS) is 23.0. The average Bonchev–Trinajstić information content (AvgIpc) is 2.81. The van der Waals surface area contributed by atoms with Gasteiger partial charge in [0, 0.05) is 43.2 Å². The number of hydrogen-bond donors (Lipinski definition) is 3. The molecule has 0 radical (unpaired) electrons. The minimum absolute atomic E-state index is 0.0314. The molecule has 2 aliphatic rings. The van der Waals surface area contributed by atoms with Crippen LogP contribution in [0.2, 0.25) is 0 Å². The molecule has 7 nitrogen and oxygen atoms in total. The number of pyridine rings is 1. The number of nitrogens with zero attached hydrogens (tertiary/aromatic N) is 2. The number of anilines is 1. The number of amides is 1. The minimum atomic E-state index is -0.492. The fraction of sp³-hybridized carbons (Fsp3) is 0.600. The number of nitrogens with one attached hydrogen (secondary N) is 2. The second-order valence-electron chi connectivity index (χ2n) is 9.48. The SMILES string of the molecule is CO[C@H]1CN(c2nc3c(C)c(F)ccc3cc2C(=O)NC(C)N)CC[C@H]1NC1CCCCC1. The Morgan fingerprint density at radius 2 is 2.03 bits per heavy atom. The Kier molecular flexibility index (Phi) is 7.46. The number of aryl methyl sites for hydroxylation is 1. The smallest absolute Gasteiger partial charge is 0.256 e. The van der Waals surface area contributed by atoms with E-state index in [1.54, 1.807) is 33.1 Å². The van der Waals surface area contributed by atoms with E-state index >= 15 is 0 Å². The number of methoxy groups -OCH3 is 1. The number of carbonyl (C=O) groups excluding carboxylic acids is 1. The van der Waals surface area contributed by atoms with Gasteiger partial charge in [0.05, 0.1) is 23.3 Å². The highest BCUT2D eigenvalue weighted by Gasteiger charge is 2.33. The summed E-state index contributed by atoms with van der Waals surface area (Å²) < 4.78 is 20.1. The zero-order valence-electron chi connectivity index (χ0n) is 19.9. The van der Waals surface area contributed by atoms with E-state index in [9.17, 15) is 9.18 Å². The monoisotopic (exact) mass is 457 g/mol. The lowest BCUT2D eigenvalue weighted by molar-refractivity contribution is 0.0533. The van der Waals surface area contributed by atoms with Crippen LogP contribution < -0.4 is 21.3 Å². The Hall–Kier alpha value is -2.29. The molecule has 1 amide bonds. The lowest BCUT2D eigenvalue weighted by Gasteiger charge is -2.41. The summed E-state index contributed by atoms with van der Waals surface area (Å²) in [5, 5.41) is 7.32. The molecule has 2 fully saturated rings. The van der Waals surface area contributed by atoms with Crippen LogP contribution in [-0.2, 0) is 4.74 Å². The predicted molar refractivity (Wildman–Crippen MR) is 129 cm³/mol. The molecule has 0 spiro atoms. The number of fused-ring (bicyclic) bond motifs is 1. The number of ether oxygens (including phenoxy) is 1. The van der Waals surface area contributed by atoms with Crippen LogP contribution in [-0.4, -0.2) is 55.4 Å². The number of rotatable bonds is 6. The number of carbonyl (C=O) groups is 1. The van der Waals surface area contributed by atoms with Crippen molar-refractivity contribution >= 4 is 22.6 Å². The Balaban J connectivity index is 1.64. The van der Waals surface area contributed by atoms with Gasteiger partial charge in [-0.05, 0) is 51.3 Å². The van der Waals surface area contributed by atoms with E-state index in [4.69, 9.17) is 15.5 Å². The number of aromatic nitrogens is 1. The largest absolute Gasteiger partial charge is 0.378 e. The molecule has 1 saturated carbocycles. The molecule has 1 unspecified atom stereocenters. The zero-order chi connectivity index (χ0) is 23.5. The molecule has 1 saturated heterocycles. The highest BCUT2D eigenvalue weighted by Crippen LogP contribution is 2.30. The van der Waals surface area contributed by atoms with E-state index in [0.29, 0.717) is 35.0 Å². The van der Waals surface area contributed by atoms with E-state index in [2.05, 4.69) is 15.5 Å². The fourth-order valence-electron chi connectivity index (χ4n) is 5.15. The number of nitrogens with two attached hydrogens (primary N) is 1. The summed E-state index contributed by atoms with van der Waals surface area (Å²) in [6.07, 6.45) is 6.68. The molecule has 3 atom stereocenters. The summed E-state index contributed by atoms with van der Waals surface area (Å²) >= 11 is 0. The second-order valence-corrected chi connectivity index (χ2v) is 9.48. The van der Waals surface area contributed by atoms with Gasteiger partial charge >= 0.3 is 0 Å². The van der Waals surface area contributed by atoms with Crippen molar-refractivity contribution in [1.29, 1.82) is 0 Å². The third-order valence-electron chi connectivity index (χ3n) is 6.97. The van der Waals surface area contributed by atoms with Gasteiger partial charge in [0.15, 0.2) is 0 Å². The summed E-state index contributed by atoms with van der Waals surface area (Å²) in [5.41, 5.74) is 7.31. The molecule has 180 valence electrons. The standard InChI is InChI=1S/C25H36FN5O2/c1-15-20(26)10-9-17-13-19(25(32)28-16(2)27)24(30-23(15)17)31-12-11-21(22(14-31)33-3)29-18-7-5-4-6-8-18/h9-10,13,16,18,21-22,29H,4-8,11-12,14,27H2,1-3H3,(H,28,32)/t16?,21-,22+/m1/s1. The lowest BCUT2D eigenvalue weighted by Crippen LogP contribution is -2.56. The molecular formula is C25H36FN5O2. The van der Waals surface area contributed by atoms with Crippen LogP contribution >= 0.6 is 0 Å². The molecule has 4 N–H and O–H groups in total.